The number of hydrogen-bond donors (Lipinski definition) is 1. The Morgan fingerprint density at radius 3 is 2.59 bits per heavy atom. The molecule has 0 unspecified atom stereocenters. The van der Waals surface area contributed by atoms with Crippen LogP contribution in [0.15, 0.2) is 58.5 Å². The Morgan fingerprint density at radius 2 is 1.86 bits per heavy atom. The number of amides is 2. The molecule has 2 amide bonds. The molecule has 0 saturated heterocycles. The van der Waals surface area contributed by atoms with Gasteiger partial charge in [0.25, 0.3) is 5.56 Å². The van der Waals surface area contributed by atoms with E-state index in [9.17, 15) is 14.4 Å². The molecule has 1 aromatic heterocycles. The van der Waals surface area contributed by atoms with Gasteiger partial charge in [0.05, 0.1) is 29.0 Å². The van der Waals surface area contributed by atoms with Crippen LogP contribution in [0.1, 0.15) is 19.4 Å². The fraction of sp³-hybridized carbons (Fsp3) is 0.238. The van der Waals surface area contributed by atoms with E-state index in [0.29, 0.717) is 16.1 Å². The second-order valence-electron chi connectivity index (χ2n) is 6.28. The highest BCUT2D eigenvalue weighted by molar-refractivity contribution is 8.00. The van der Waals surface area contributed by atoms with Crippen LogP contribution < -0.4 is 10.9 Å². The molecular weight excluding hydrogens is 390 g/mol. The molecule has 0 saturated carbocycles. The number of benzene rings is 2. The minimum absolute atomic E-state index is 0.209. The molecule has 0 radical (unpaired) electrons. The standard InChI is InChI=1S/C21H21N3O4S/c1-4-14-9-5-8-12-17(14)24-19(26)15-10-6-7-11-16(15)22-20(24)29-13(2)18(25)23-21(27)28-3/h5-13H,4H2,1-3H3,(H,23,25,27)/t13-/m0/s1. The SMILES string of the molecule is CCc1ccccc1-n1c(S[C@@H](C)C(=O)NC(=O)OC)nc2ccccc2c1=O. The summed E-state index contributed by atoms with van der Waals surface area (Å²) in [5, 5.41) is 2.34. The van der Waals surface area contributed by atoms with Crippen molar-refractivity contribution in [3.63, 3.8) is 0 Å². The molecule has 1 atom stereocenters. The van der Waals surface area contributed by atoms with Crippen molar-refractivity contribution in [2.45, 2.75) is 30.7 Å². The third kappa shape index (κ3) is 4.32. The molecular formula is C21H21N3O4S. The van der Waals surface area contributed by atoms with E-state index >= 15 is 0 Å². The van der Waals surface area contributed by atoms with Crippen LogP contribution in [-0.2, 0) is 16.0 Å². The van der Waals surface area contributed by atoms with E-state index in [2.05, 4.69) is 15.0 Å². The van der Waals surface area contributed by atoms with Gasteiger partial charge in [-0.15, -0.1) is 0 Å². The van der Waals surface area contributed by atoms with Gasteiger partial charge in [0.2, 0.25) is 5.91 Å². The molecule has 2 aromatic carbocycles. The summed E-state index contributed by atoms with van der Waals surface area (Å²) in [6, 6.07) is 14.7. The Bertz CT molecular complexity index is 1130. The molecule has 3 aromatic rings. The Morgan fingerprint density at radius 1 is 1.17 bits per heavy atom. The molecule has 29 heavy (non-hydrogen) atoms. The second kappa shape index (κ2) is 8.91. The van der Waals surface area contributed by atoms with Crippen molar-refractivity contribution in [1.82, 2.24) is 14.9 Å². The van der Waals surface area contributed by atoms with Gasteiger partial charge < -0.3 is 4.74 Å². The first kappa shape index (κ1) is 20.6. The minimum atomic E-state index is -0.831. The van der Waals surface area contributed by atoms with E-state index in [0.717, 1.165) is 29.4 Å². The lowest BCUT2D eigenvalue weighted by atomic mass is 10.1. The van der Waals surface area contributed by atoms with E-state index in [1.54, 1.807) is 31.2 Å². The largest absolute Gasteiger partial charge is 0.453 e. The second-order valence-corrected chi connectivity index (χ2v) is 7.58. The number of hydrogen-bond acceptors (Lipinski definition) is 6. The number of ether oxygens (including phenoxy) is 1. The first-order valence-electron chi connectivity index (χ1n) is 9.11. The Balaban J connectivity index is 2.14. The van der Waals surface area contributed by atoms with Crippen molar-refractivity contribution in [2.75, 3.05) is 7.11 Å². The molecule has 0 aliphatic carbocycles. The normalized spacial score (nSPS) is 11.8. The number of imide groups is 1. The van der Waals surface area contributed by atoms with Crippen LogP contribution in [0.25, 0.3) is 16.6 Å². The average molecular weight is 411 g/mol. The predicted octanol–water partition coefficient (Wildman–Crippen LogP) is 3.31. The monoisotopic (exact) mass is 411 g/mol. The summed E-state index contributed by atoms with van der Waals surface area (Å²) in [4.78, 5) is 41.6. The number of carbonyl (C=O) groups excluding carboxylic acids is 2. The van der Waals surface area contributed by atoms with E-state index in [-0.39, 0.29) is 5.56 Å². The summed E-state index contributed by atoms with van der Waals surface area (Å²) in [5.74, 6) is -0.528. The molecule has 3 rings (SSSR count). The summed E-state index contributed by atoms with van der Waals surface area (Å²) < 4.78 is 6.01. The number of alkyl carbamates (subject to hydrolysis) is 1. The topological polar surface area (TPSA) is 90.3 Å². The Hall–Kier alpha value is -3.13. The van der Waals surface area contributed by atoms with Crippen molar-refractivity contribution >= 4 is 34.7 Å². The van der Waals surface area contributed by atoms with Crippen LogP contribution in [-0.4, -0.2) is 33.9 Å². The van der Waals surface area contributed by atoms with Crippen molar-refractivity contribution in [2.24, 2.45) is 0 Å². The number of aromatic nitrogens is 2. The van der Waals surface area contributed by atoms with E-state index in [1.165, 1.54) is 11.7 Å². The maximum Gasteiger partial charge on any atom is 0.413 e. The lowest BCUT2D eigenvalue weighted by molar-refractivity contribution is -0.119. The summed E-state index contributed by atoms with van der Waals surface area (Å²) in [6.07, 6.45) is -0.0968. The maximum atomic E-state index is 13.3. The predicted molar refractivity (Wildman–Crippen MR) is 113 cm³/mol. The summed E-state index contributed by atoms with van der Waals surface area (Å²) in [6.45, 7) is 3.65. The zero-order chi connectivity index (χ0) is 21.0. The quantitative estimate of drug-likeness (QED) is 0.512. The Kier molecular flexibility index (Phi) is 6.33. The van der Waals surface area contributed by atoms with Gasteiger partial charge in [-0.1, -0.05) is 49.0 Å². The van der Waals surface area contributed by atoms with Crippen LogP contribution in [0.5, 0.6) is 0 Å². The number of fused-ring (bicyclic) bond motifs is 1. The van der Waals surface area contributed by atoms with Crippen molar-refractivity contribution in [3.05, 3.63) is 64.4 Å². The third-order valence-electron chi connectivity index (χ3n) is 4.42. The van der Waals surface area contributed by atoms with Crippen LogP contribution in [0.2, 0.25) is 0 Å². The van der Waals surface area contributed by atoms with Crippen LogP contribution in [0.4, 0.5) is 4.79 Å². The number of para-hydroxylation sites is 2. The average Bonchev–Trinajstić information content (AvgIpc) is 2.73. The van der Waals surface area contributed by atoms with Gasteiger partial charge in [0.15, 0.2) is 5.16 Å². The number of thioether (sulfide) groups is 1. The Labute approximate surface area is 172 Å². The number of aryl methyl sites for hydroxylation is 1. The van der Waals surface area contributed by atoms with Crippen LogP contribution >= 0.6 is 11.8 Å². The van der Waals surface area contributed by atoms with Gasteiger partial charge >= 0.3 is 6.09 Å². The molecule has 0 fully saturated rings. The lowest BCUT2D eigenvalue weighted by Gasteiger charge is -2.18. The van der Waals surface area contributed by atoms with Crippen LogP contribution in [0.3, 0.4) is 0 Å². The van der Waals surface area contributed by atoms with Crippen molar-refractivity contribution in [3.8, 4) is 5.69 Å². The fourth-order valence-corrected chi connectivity index (χ4v) is 3.82. The minimum Gasteiger partial charge on any atom is -0.453 e. The molecule has 0 aliphatic heterocycles. The summed E-state index contributed by atoms with van der Waals surface area (Å²) in [5.41, 5.74) is 2.05. The molecule has 150 valence electrons. The van der Waals surface area contributed by atoms with E-state index in [4.69, 9.17) is 0 Å². The summed E-state index contributed by atoms with van der Waals surface area (Å²) >= 11 is 1.11. The van der Waals surface area contributed by atoms with Crippen molar-refractivity contribution in [1.29, 1.82) is 0 Å². The third-order valence-corrected chi connectivity index (χ3v) is 5.47. The van der Waals surface area contributed by atoms with E-state index < -0.39 is 17.3 Å². The van der Waals surface area contributed by atoms with Gasteiger partial charge in [-0.3, -0.25) is 19.5 Å². The molecule has 0 aliphatic rings. The van der Waals surface area contributed by atoms with Gasteiger partial charge in [-0.05, 0) is 37.1 Å². The molecule has 0 spiro atoms. The first-order chi connectivity index (χ1) is 14.0. The highest BCUT2D eigenvalue weighted by Crippen LogP contribution is 2.26. The number of carbonyl (C=O) groups is 2. The van der Waals surface area contributed by atoms with Gasteiger partial charge in [-0.25, -0.2) is 9.78 Å². The zero-order valence-corrected chi connectivity index (χ0v) is 17.2. The van der Waals surface area contributed by atoms with Gasteiger partial charge in [0.1, 0.15) is 0 Å². The highest BCUT2D eigenvalue weighted by atomic mass is 32.2. The number of rotatable bonds is 5. The molecule has 1 heterocycles. The lowest BCUT2D eigenvalue weighted by Crippen LogP contribution is -2.36. The zero-order valence-electron chi connectivity index (χ0n) is 16.3. The number of methoxy groups -OCH3 is 1. The number of nitrogens with zero attached hydrogens (tertiary/aromatic N) is 2. The highest BCUT2D eigenvalue weighted by Gasteiger charge is 2.22. The first-order valence-corrected chi connectivity index (χ1v) is 9.99. The van der Waals surface area contributed by atoms with Gasteiger partial charge in [0, 0.05) is 0 Å². The molecule has 8 heteroatoms. The molecule has 7 nitrogen and oxygen atoms in total. The van der Waals surface area contributed by atoms with Gasteiger partial charge in [-0.2, -0.15) is 0 Å². The van der Waals surface area contributed by atoms with Crippen molar-refractivity contribution < 1.29 is 14.3 Å². The van der Waals surface area contributed by atoms with E-state index in [1.807, 2.05) is 31.2 Å². The smallest absolute Gasteiger partial charge is 0.413 e. The van der Waals surface area contributed by atoms with Crippen LogP contribution in [0, 0.1) is 0 Å². The molecule has 0 bridgehead atoms. The maximum absolute atomic E-state index is 13.3. The molecule has 1 N–H and O–H groups in total. The number of nitrogens with one attached hydrogen (secondary N) is 1. The fourth-order valence-electron chi connectivity index (χ4n) is 2.90. The summed E-state index contributed by atoms with van der Waals surface area (Å²) in [7, 11) is 1.19.